The molecule has 3 aromatic rings. The second-order valence-corrected chi connectivity index (χ2v) is 6.44. The zero-order valence-corrected chi connectivity index (χ0v) is 18.8. The summed E-state index contributed by atoms with van der Waals surface area (Å²) >= 11 is 0. The van der Waals surface area contributed by atoms with Crippen molar-refractivity contribution in [1.82, 2.24) is 0 Å². The number of rotatable bonds is 1. The summed E-state index contributed by atoms with van der Waals surface area (Å²) < 4.78 is 0. The molecular weight excluding hydrogens is 354 g/mol. The standard InChI is InChI=1S/C16H13.C4H10N.2CH3.Si.Ti/c1-12-6-2-5-9-16(12)15-10-13-7-3-4-8-14(13)11-15;1-4(2,3)5;;;;/h2-11H,1H3;5H,1-3H3;2*1H3;;/q4*-1;;+4. The smallest absolute Gasteiger partial charge is 0.673 e. The van der Waals surface area contributed by atoms with E-state index < -0.39 is 0 Å². The summed E-state index contributed by atoms with van der Waals surface area (Å²) in [6.45, 7) is 7.72. The van der Waals surface area contributed by atoms with Gasteiger partial charge in [0.15, 0.2) is 0 Å². The number of nitrogens with one attached hydrogen (secondary N) is 1. The van der Waals surface area contributed by atoms with Gasteiger partial charge in [-0.05, 0) is 6.92 Å². The Kier molecular flexibility index (Phi) is 14.2. The number of hydrogen-bond acceptors (Lipinski definition) is 0. The molecule has 25 heavy (non-hydrogen) atoms. The van der Waals surface area contributed by atoms with Gasteiger partial charge in [-0.2, -0.15) is 0 Å². The number of aryl methyl sites for hydroxylation is 1. The van der Waals surface area contributed by atoms with Gasteiger partial charge in [-0.25, -0.2) is 0 Å². The van der Waals surface area contributed by atoms with Crippen LogP contribution in [-0.2, 0) is 21.7 Å². The van der Waals surface area contributed by atoms with Crippen LogP contribution in [0.5, 0.6) is 0 Å². The van der Waals surface area contributed by atoms with E-state index in [4.69, 9.17) is 5.73 Å². The van der Waals surface area contributed by atoms with E-state index in [1.54, 1.807) is 0 Å². The Morgan fingerprint density at radius 1 is 0.880 bits per heavy atom. The van der Waals surface area contributed by atoms with Gasteiger partial charge in [-0.1, -0.05) is 74.4 Å². The van der Waals surface area contributed by atoms with Crippen molar-refractivity contribution < 1.29 is 21.7 Å². The second-order valence-electron chi connectivity index (χ2n) is 6.44. The maximum Gasteiger partial charge on any atom is 4.00 e. The average molecular weight is 383 g/mol. The van der Waals surface area contributed by atoms with Gasteiger partial charge in [0.05, 0.1) is 0 Å². The van der Waals surface area contributed by atoms with Crippen LogP contribution in [-0.4, -0.2) is 16.5 Å². The Bertz CT molecular complexity index is 687. The van der Waals surface area contributed by atoms with Gasteiger partial charge in [0, 0.05) is 11.0 Å². The van der Waals surface area contributed by atoms with Crippen molar-refractivity contribution in [3.05, 3.63) is 86.8 Å². The zero-order chi connectivity index (χ0) is 15.5. The fraction of sp³-hybridized carbons (Fsp3) is 0.227. The zero-order valence-electron chi connectivity index (χ0n) is 16.3. The van der Waals surface area contributed by atoms with E-state index in [-0.39, 0.29) is 53.1 Å². The summed E-state index contributed by atoms with van der Waals surface area (Å²) in [4.78, 5) is 0. The first-order valence-electron chi connectivity index (χ1n) is 7.31. The quantitative estimate of drug-likeness (QED) is 0.323. The van der Waals surface area contributed by atoms with Crippen molar-refractivity contribution in [2.45, 2.75) is 33.2 Å². The molecule has 1 N–H and O–H groups in total. The maximum absolute atomic E-state index is 6.94. The fourth-order valence-corrected chi connectivity index (χ4v) is 2.20. The third-order valence-corrected chi connectivity index (χ3v) is 3.07. The van der Waals surface area contributed by atoms with E-state index in [2.05, 4.69) is 67.6 Å². The Hall–Kier alpha value is -1.06. The number of benzene rings is 2. The molecular formula is C22H29NSiTi. The van der Waals surface area contributed by atoms with Crippen molar-refractivity contribution in [3.63, 3.8) is 0 Å². The normalized spacial score (nSPS) is 9.32. The summed E-state index contributed by atoms with van der Waals surface area (Å²) in [6, 6.07) is 21.6. The molecule has 0 aromatic heterocycles. The Labute approximate surface area is 174 Å². The minimum Gasteiger partial charge on any atom is -0.673 e. The van der Waals surface area contributed by atoms with Gasteiger partial charge in [0.2, 0.25) is 0 Å². The minimum absolute atomic E-state index is 0. The molecule has 0 aliphatic carbocycles. The van der Waals surface area contributed by atoms with Gasteiger partial charge >= 0.3 is 21.7 Å². The summed E-state index contributed by atoms with van der Waals surface area (Å²) in [6.07, 6.45) is 0. The molecule has 130 valence electrons. The van der Waals surface area contributed by atoms with Crippen LogP contribution in [0.4, 0.5) is 0 Å². The second kappa shape index (κ2) is 12.3. The van der Waals surface area contributed by atoms with Crippen LogP contribution in [0.15, 0.2) is 60.7 Å². The molecule has 0 aliphatic heterocycles. The molecule has 0 unspecified atom stereocenters. The molecule has 0 aliphatic rings. The molecule has 3 aromatic carbocycles. The predicted molar refractivity (Wildman–Crippen MR) is 112 cm³/mol. The Morgan fingerprint density at radius 3 is 1.88 bits per heavy atom. The molecule has 0 spiro atoms. The molecule has 0 heterocycles. The molecule has 0 atom stereocenters. The Morgan fingerprint density at radius 2 is 1.36 bits per heavy atom. The molecule has 0 saturated heterocycles. The molecule has 3 heteroatoms. The van der Waals surface area contributed by atoms with Crippen LogP contribution < -0.4 is 0 Å². The van der Waals surface area contributed by atoms with Crippen molar-refractivity contribution in [2.75, 3.05) is 0 Å². The molecule has 3 rings (SSSR count). The maximum atomic E-state index is 6.94. The van der Waals surface area contributed by atoms with E-state index in [0.717, 1.165) is 0 Å². The fourth-order valence-electron chi connectivity index (χ4n) is 2.20. The first kappa shape index (κ1) is 28.7. The van der Waals surface area contributed by atoms with Crippen molar-refractivity contribution in [1.29, 1.82) is 0 Å². The van der Waals surface area contributed by atoms with Crippen LogP contribution in [0.25, 0.3) is 27.6 Å². The topological polar surface area (TPSA) is 23.8 Å². The molecule has 0 bridgehead atoms. The van der Waals surface area contributed by atoms with Crippen LogP contribution in [0.1, 0.15) is 26.3 Å². The Balaban J connectivity index is -0.000000484. The molecule has 0 saturated carbocycles. The van der Waals surface area contributed by atoms with Crippen LogP contribution >= 0.6 is 0 Å². The van der Waals surface area contributed by atoms with Crippen LogP contribution in [0, 0.1) is 21.8 Å². The third-order valence-electron chi connectivity index (χ3n) is 3.07. The van der Waals surface area contributed by atoms with Gasteiger partial charge in [-0.3, -0.25) is 0 Å². The van der Waals surface area contributed by atoms with E-state index in [1.807, 2.05) is 20.8 Å². The van der Waals surface area contributed by atoms with Gasteiger partial charge in [-0.15, -0.1) is 40.1 Å². The molecule has 4 radical (unpaired) electrons. The largest absolute Gasteiger partial charge is 4.00 e. The minimum atomic E-state index is -0.250. The van der Waals surface area contributed by atoms with Crippen LogP contribution in [0.3, 0.4) is 0 Å². The van der Waals surface area contributed by atoms with Crippen molar-refractivity contribution in [3.8, 4) is 11.1 Å². The number of hydrogen-bond donors (Lipinski definition) is 0. The van der Waals surface area contributed by atoms with Gasteiger partial charge < -0.3 is 20.6 Å². The van der Waals surface area contributed by atoms with Crippen molar-refractivity contribution in [2.24, 2.45) is 0 Å². The summed E-state index contributed by atoms with van der Waals surface area (Å²) in [5, 5.41) is 2.64. The first-order chi connectivity index (χ1) is 9.84. The number of fused-ring (bicyclic) bond motifs is 1. The van der Waals surface area contributed by atoms with E-state index in [1.165, 1.54) is 27.5 Å². The summed E-state index contributed by atoms with van der Waals surface area (Å²) in [7, 11) is 0. The molecule has 0 fully saturated rings. The molecule has 0 amide bonds. The first-order valence-corrected chi connectivity index (χ1v) is 7.31. The SMILES string of the molecule is CC(C)(C)[NH-].Cc1ccccc1-c1cc2ccccc2[cH-]1.[CH3-].[CH3-].[Si].[Ti+4]. The summed E-state index contributed by atoms with van der Waals surface area (Å²) in [5.74, 6) is 0. The third kappa shape index (κ3) is 9.27. The van der Waals surface area contributed by atoms with Crippen molar-refractivity contribution >= 4 is 21.7 Å². The van der Waals surface area contributed by atoms with E-state index in [9.17, 15) is 0 Å². The van der Waals surface area contributed by atoms with E-state index in [0.29, 0.717) is 0 Å². The average Bonchev–Trinajstić information content (AvgIpc) is 2.80. The van der Waals surface area contributed by atoms with Gasteiger partial charge in [0.25, 0.3) is 0 Å². The van der Waals surface area contributed by atoms with E-state index >= 15 is 0 Å². The monoisotopic (exact) mass is 383 g/mol. The molecule has 1 nitrogen and oxygen atoms in total. The summed E-state index contributed by atoms with van der Waals surface area (Å²) in [5.41, 5.74) is 10.7. The van der Waals surface area contributed by atoms with Crippen LogP contribution in [0.2, 0.25) is 0 Å². The predicted octanol–water partition coefficient (Wildman–Crippen LogP) is 6.89. The van der Waals surface area contributed by atoms with Gasteiger partial charge in [0.1, 0.15) is 0 Å².